The van der Waals surface area contributed by atoms with Gasteiger partial charge >= 0.3 is 5.97 Å². The molecule has 0 N–H and O–H groups in total. The predicted octanol–water partition coefficient (Wildman–Crippen LogP) is 8.33. The number of quaternary nitrogens is 1. The number of esters is 1. The Bertz CT molecular complexity index is 880. The maximum atomic E-state index is 12.9. The van der Waals surface area contributed by atoms with Gasteiger partial charge in [-0.15, -0.1) is 0 Å². The molecule has 0 aliphatic heterocycles. The average molecular weight is 511 g/mol. The summed E-state index contributed by atoms with van der Waals surface area (Å²) in [7, 11) is 4.43. The monoisotopic (exact) mass is 510 g/mol. The average Bonchev–Trinajstić information content (AvgIpc) is 2.89. The van der Waals surface area contributed by atoms with Gasteiger partial charge in [0.05, 0.1) is 26.6 Å². The van der Waals surface area contributed by atoms with E-state index in [9.17, 15) is 4.79 Å². The normalized spacial score (nSPS) is 13.2. The lowest BCUT2D eigenvalue weighted by Gasteiger charge is -2.31. The van der Waals surface area contributed by atoms with E-state index >= 15 is 0 Å². The summed E-state index contributed by atoms with van der Waals surface area (Å²) in [4.78, 5) is 12.9. The first-order valence-corrected chi connectivity index (χ1v) is 14.7. The van der Waals surface area contributed by atoms with Gasteiger partial charge in [-0.05, 0) is 24.5 Å². The quantitative estimate of drug-likeness (QED) is 0.0824. The third kappa shape index (κ3) is 12.6. The van der Waals surface area contributed by atoms with Gasteiger partial charge in [0.15, 0.2) is 0 Å². The Morgan fingerprint density at radius 3 is 2.14 bits per heavy atom. The highest BCUT2D eigenvalue weighted by Gasteiger charge is 2.24. The van der Waals surface area contributed by atoms with Crippen molar-refractivity contribution in [3.8, 4) is 5.75 Å². The largest absolute Gasteiger partial charge is 0.455 e. The lowest BCUT2D eigenvalue weighted by Crippen LogP contribution is -2.41. The van der Waals surface area contributed by atoms with Gasteiger partial charge in [0, 0.05) is 18.4 Å². The van der Waals surface area contributed by atoms with Crippen molar-refractivity contribution in [3.05, 3.63) is 65.7 Å². The standard InChI is InChI=1S/C33H52NO3/c1-6-8-9-10-11-12-13-17-22-30-23-18-19-24-31(30)36-32(7-2)37-33(35)28(3)25-26-34(4,5)27-29-20-15-14-16-21-29/h14-16,18-21,23-24,28,32H,6-13,17,22,25-27H2,1-5H3/q+1. The fraction of sp³-hybridized carbons (Fsp3) is 0.606. The van der Waals surface area contributed by atoms with E-state index in [1.54, 1.807) is 0 Å². The van der Waals surface area contributed by atoms with Crippen molar-refractivity contribution in [2.24, 2.45) is 5.92 Å². The van der Waals surface area contributed by atoms with Crippen LogP contribution in [0.15, 0.2) is 54.6 Å². The number of aryl methyl sites for hydroxylation is 1. The number of nitrogens with zero attached hydrogens (tertiary/aromatic N) is 1. The second kappa shape index (κ2) is 17.2. The molecule has 206 valence electrons. The Hall–Kier alpha value is -2.33. The number of hydrogen-bond acceptors (Lipinski definition) is 3. The van der Waals surface area contributed by atoms with E-state index in [-0.39, 0.29) is 11.9 Å². The molecule has 0 bridgehead atoms. The van der Waals surface area contributed by atoms with Crippen LogP contribution in [0.3, 0.4) is 0 Å². The second-order valence-electron chi connectivity index (χ2n) is 11.2. The van der Waals surface area contributed by atoms with Gasteiger partial charge in [-0.3, -0.25) is 4.79 Å². The van der Waals surface area contributed by atoms with Crippen LogP contribution in [-0.4, -0.2) is 37.4 Å². The minimum absolute atomic E-state index is 0.168. The zero-order chi connectivity index (χ0) is 26.9. The smallest absolute Gasteiger partial charge is 0.311 e. The summed E-state index contributed by atoms with van der Waals surface area (Å²) in [5.41, 5.74) is 2.52. The molecule has 0 aliphatic carbocycles. The molecule has 4 nitrogen and oxygen atoms in total. The maximum Gasteiger partial charge on any atom is 0.311 e. The molecule has 2 aromatic rings. The van der Waals surface area contributed by atoms with Gasteiger partial charge in [0.1, 0.15) is 12.3 Å². The minimum atomic E-state index is -0.554. The van der Waals surface area contributed by atoms with Gasteiger partial charge in [0.2, 0.25) is 6.29 Å². The summed E-state index contributed by atoms with van der Waals surface area (Å²) in [6, 6.07) is 18.7. The number of carbonyl (C=O) groups is 1. The van der Waals surface area contributed by atoms with Crippen molar-refractivity contribution in [3.63, 3.8) is 0 Å². The maximum absolute atomic E-state index is 12.9. The number of benzene rings is 2. The lowest BCUT2D eigenvalue weighted by atomic mass is 10.0. The van der Waals surface area contributed by atoms with Gasteiger partial charge in [0.25, 0.3) is 0 Å². The minimum Gasteiger partial charge on any atom is -0.455 e. The number of unbranched alkanes of at least 4 members (excludes halogenated alkanes) is 7. The summed E-state index contributed by atoms with van der Waals surface area (Å²) in [5, 5.41) is 0. The Kier molecular flexibility index (Phi) is 14.4. The Morgan fingerprint density at radius 1 is 0.838 bits per heavy atom. The first kappa shape index (κ1) is 30.9. The van der Waals surface area contributed by atoms with Gasteiger partial charge in [-0.2, -0.15) is 0 Å². The molecular formula is C33H52NO3+. The Labute approximate surface area is 227 Å². The summed E-state index contributed by atoms with van der Waals surface area (Å²) in [6.07, 6.45) is 12.3. The molecule has 0 aromatic heterocycles. The van der Waals surface area contributed by atoms with Gasteiger partial charge in [-0.1, -0.05) is 114 Å². The van der Waals surface area contributed by atoms with E-state index in [0.29, 0.717) is 6.42 Å². The van der Waals surface area contributed by atoms with Crippen LogP contribution in [-0.2, 0) is 22.5 Å². The molecule has 2 unspecified atom stereocenters. The predicted molar refractivity (Wildman–Crippen MR) is 154 cm³/mol. The molecule has 37 heavy (non-hydrogen) atoms. The Morgan fingerprint density at radius 2 is 1.46 bits per heavy atom. The van der Waals surface area contributed by atoms with Gasteiger partial charge < -0.3 is 14.0 Å². The van der Waals surface area contributed by atoms with Crippen LogP contribution in [0.2, 0.25) is 0 Å². The van der Waals surface area contributed by atoms with Crippen LogP contribution >= 0.6 is 0 Å². The third-order valence-corrected chi connectivity index (χ3v) is 7.13. The van der Waals surface area contributed by atoms with E-state index in [4.69, 9.17) is 9.47 Å². The van der Waals surface area contributed by atoms with Crippen molar-refractivity contribution < 1.29 is 18.8 Å². The number of ether oxygens (including phenoxy) is 2. The van der Waals surface area contributed by atoms with Crippen molar-refractivity contribution >= 4 is 5.97 Å². The fourth-order valence-electron chi connectivity index (χ4n) is 4.67. The molecular weight excluding hydrogens is 458 g/mol. The highest BCUT2D eigenvalue weighted by molar-refractivity contribution is 5.72. The van der Waals surface area contributed by atoms with E-state index in [1.165, 1.54) is 62.5 Å². The third-order valence-electron chi connectivity index (χ3n) is 7.13. The van der Waals surface area contributed by atoms with Crippen LogP contribution in [0, 0.1) is 5.92 Å². The first-order valence-electron chi connectivity index (χ1n) is 14.7. The number of para-hydroxylation sites is 1. The molecule has 0 aliphatic rings. The van der Waals surface area contributed by atoms with Crippen LogP contribution < -0.4 is 4.74 Å². The summed E-state index contributed by atoms with van der Waals surface area (Å²) in [5.74, 6) is 0.504. The molecule has 0 amide bonds. The molecule has 0 saturated carbocycles. The van der Waals surface area contributed by atoms with Crippen molar-refractivity contribution in [2.45, 2.75) is 104 Å². The van der Waals surface area contributed by atoms with E-state index in [2.05, 4.69) is 57.4 Å². The van der Waals surface area contributed by atoms with Crippen LogP contribution in [0.5, 0.6) is 5.75 Å². The molecule has 0 saturated heterocycles. The molecule has 0 fully saturated rings. The van der Waals surface area contributed by atoms with E-state index in [1.807, 2.05) is 32.0 Å². The fourth-order valence-corrected chi connectivity index (χ4v) is 4.67. The summed E-state index contributed by atoms with van der Waals surface area (Å²) in [6.45, 7) is 8.08. The van der Waals surface area contributed by atoms with Crippen molar-refractivity contribution in [1.29, 1.82) is 0 Å². The number of rotatable bonds is 19. The zero-order valence-electron chi connectivity index (χ0n) is 24.2. The molecule has 0 heterocycles. The SMILES string of the molecule is CCCCCCCCCCc1ccccc1OC(CC)OC(=O)C(C)CC[N+](C)(C)Cc1ccccc1. The van der Waals surface area contributed by atoms with Crippen LogP contribution in [0.25, 0.3) is 0 Å². The molecule has 2 aromatic carbocycles. The first-order chi connectivity index (χ1) is 17.8. The highest BCUT2D eigenvalue weighted by Crippen LogP contribution is 2.24. The Balaban J connectivity index is 1.79. The van der Waals surface area contributed by atoms with Gasteiger partial charge in [-0.25, -0.2) is 0 Å². The second-order valence-corrected chi connectivity index (χ2v) is 11.2. The molecule has 2 rings (SSSR count). The summed E-state index contributed by atoms with van der Waals surface area (Å²) < 4.78 is 12.9. The summed E-state index contributed by atoms with van der Waals surface area (Å²) >= 11 is 0. The topological polar surface area (TPSA) is 35.5 Å². The number of carbonyl (C=O) groups excluding carboxylic acids is 1. The van der Waals surface area contributed by atoms with E-state index in [0.717, 1.165) is 36.2 Å². The van der Waals surface area contributed by atoms with E-state index < -0.39 is 6.29 Å². The molecule has 0 spiro atoms. The molecule has 4 heteroatoms. The zero-order valence-corrected chi connectivity index (χ0v) is 24.2. The van der Waals surface area contributed by atoms with Crippen LogP contribution in [0.1, 0.15) is 96.1 Å². The lowest BCUT2D eigenvalue weighted by molar-refractivity contribution is -0.904. The van der Waals surface area contributed by atoms with Crippen molar-refractivity contribution in [2.75, 3.05) is 20.6 Å². The van der Waals surface area contributed by atoms with Crippen LogP contribution in [0.4, 0.5) is 0 Å². The number of hydrogen-bond donors (Lipinski definition) is 0. The highest BCUT2D eigenvalue weighted by atomic mass is 16.7. The molecule has 0 radical (unpaired) electrons. The molecule has 2 atom stereocenters. The van der Waals surface area contributed by atoms with Crippen molar-refractivity contribution in [1.82, 2.24) is 0 Å².